The van der Waals surface area contributed by atoms with Crippen LogP contribution in [0.5, 0.6) is 0 Å². The normalized spacial score (nSPS) is 26.3. The first-order chi connectivity index (χ1) is 8.17. The first-order valence-corrected chi connectivity index (χ1v) is 7.98. The first-order valence-electron chi connectivity index (χ1n) is 7.09. The predicted molar refractivity (Wildman–Crippen MR) is 88.2 cm³/mol. The highest BCUT2D eigenvalue weighted by Gasteiger charge is 2.27. The van der Waals surface area contributed by atoms with Gasteiger partial charge in [0, 0.05) is 34.7 Å². The summed E-state index contributed by atoms with van der Waals surface area (Å²) in [6, 6.07) is 1.17. The van der Waals surface area contributed by atoms with Crippen LogP contribution in [0.3, 0.4) is 0 Å². The van der Waals surface area contributed by atoms with Crippen LogP contribution in [0.2, 0.25) is 0 Å². The average Bonchev–Trinajstić information content (AvgIpc) is 2.22. The Morgan fingerprint density at radius 3 is 1.44 bits per heavy atom. The Labute approximate surface area is 124 Å². The SMILES string of the molecule is CC(C)(S)CNC1CCCCC1NCC(C)(C)S. The molecule has 108 valence electrons. The van der Waals surface area contributed by atoms with Crippen LogP contribution < -0.4 is 10.6 Å². The van der Waals surface area contributed by atoms with Crippen LogP contribution in [-0.4, -0.2) is 34.7 Å². The molecule has 1 fully saturated rings. The van der Waals surface area contributed by atoms with E-state index in [4.69, 9.17) is 0 Å². The third kappa shape index (κ3) is 7.27. The van der Waals surface area contributed by atoms with Gasteiger partial charge < -0.3 is 10.6 Å². The van der Waals surface area contributed by atoms with Crippen LogP contribution in [-0.2, 0) is 0 Å². The van der Waals surface area contributed by atoms with E-state index in [2.05, 4.69) is 63.6 Å². The maximum atomic E-state index is 4.59. The second kappa shape index (κ2) is 6.87. The number of nitrogens with one attached hydrogen (secondary N) is 2. The number of thiol groups is 2. The number of hydrogen-bond donors (Lipinski definition) is 4. The van der Waals surface area contributed by atoms with E-state index in [1.54, 1.807) is 0 Å². The molecule has 2 nitrogen and oxygen atoms in total. The summed E-state index contributed by atoms with van der Waals surface area (Å²) >= 11 is 9.17. The summed E-state index contributed by atoms with van der Waals surface area (Å²) in [7, 11) is 0. The molecule has 4 heteroatoms. The van der Waals surface area contributed by atoms with Crippen molar-refractivity contribution in [3.05, 3.63) is 0 Å². The van der Waals surface area contributed by atoms with Crippen LogP contribution >= 0.6 is 25.3 Å². The Kier molecular flexibility index (Phi) is 6.36. The molecule has 18 heavy (non-hydrogen) atoms. The number of hydrogen-bond acceptors (Lipinski definition) is 4. The largest absolute Gasteiger partial charge is 0.311 e. The Balaban J connectivity index is 2.42. The van der Waals surface area contributed by atoms with E-state index >= 15 is 0 Å². The van der Waals surface area contributed by atoms with E-state index < -0.39 is 0 Å². The minimum atomic E-state index is 0.0603. The average molecular weight is 291 g/mol. The molecule has 2 atom stereocenters. The topological polar surface area (TPSA) is 24.1 Å². The third-order valence-corrected chi connectivity index (χ3v) is 3.68. The van der Waals surface area contributed by atoms with Gasteiger partial charge in [0.1, 0.15) is 0 Å². The van der Waals surface area contributed by atoms with Crippen LogP contribution in [0.4, 0.5) is 0 Å². The Bertz CT molecular complexity index is 217. The monoisotopic (exact) mass is 290 g/mol. The van der Waals surface area contributed by atoms with Crippen molar-refractivity contribution in [3.63, 3.8) is 0 Å². The zero-order valence-corrected chi connectivity index (χ0v) is 14.1. The molecule has 0 saturated heterocycles. The van der Waals surface area contributed by atoms with E-state index in [1.807, 2.05) is 0 Å². The summed E-state index contributed by atoms with van der Waals surface area (Å²) in [5.74, 6) is 0. The van der Waals surface area contributed by atoms with Gasteiger partial charge in [0.25, 0.3) is 0 Å². The van der Waals surface area contributed by atoms with Crippen molar-refractivity contribution in [1.82, 2.24) is 10.6 Å². The second-order valence-corrected chi connectivity index (χ2v) is 9.31. The summed E-state index contributed by atoms with van der Waals surface area (Å²) in [5, 5.41) is 7.37. The van der Waals surface area contributed by atoms with E-state index in [-0.39, 0.29) is 9.49 Å². The highest BCUT2D eigenvalue weighted by molar-refractivity contribution is 7.82. The minimum absolute atomic E-state index is 0.0603. The quantitative estimate of drug-likeness (QED) is 0.566. The fourth-order valence-corrected chi connectivity index (χ4v) is 2.56. The zero-order valence-electron chi connectivity index (χ0n) is 12.3. The highest BCUT2D eigenvalue weighted by Crippen LogP contribution is 2.21. The Morgan fingerprint density at radius 1 is 0.833 bits per heavy atom. The van der Waals surface area contributed by atoms with Crippen LogP contribution in [0.15, 0.2) is 0 Å². The maximum absolute atomic E-state index is 4.59. The molecule has 1 rings (SSSR count). The molecule has 1 aliphatic rings. The molecule has 0 aromatic carbocycles. The maximum Gasteiger partial charge on any atom is 0.0221 e. The van der Waals surface area contributed by atoms with Crippen LogP contribution in [0.1, 0.15) is 53.4 Å². The smallest absolute Gasteiger partial charge is 0.0221 e. The van der Waals surface area contributed by atoms with Crippen molar-refractivity contribution in [2.45, 2.75) is 75.0 Å². The first kappa shape index (κ1) is 16.7. The lowest BCUT2D eigenvalue weighted by Crippen LogP contribution is -2.53. The lowest BCUT2D eigenvalue weighted by Gasteiger charge is -2.36. The molecule has 0 heterocycles. The van der Waals surface area contributed by atoms with Gasteiger partial charge in [0.05, 0.1) is 0 Å². The standard InChI is InChI=1S/C14H30N2S2/c1-13(2,17)9-15-11-7-5-6-8-12(11)16-10-14(3,4)18/h11-12,15-18H,5-10H2,1-4H3. The van der Waals surface area contributed by atoms with Gasteiger partial charge in [-0.05, 0) is 40.5 Å². The van der Waals surface area contributed by atoms with Crippen molar-refractivity contribution in [2.75, 3.05) is 13.1 Å². The Morgan fingerprint density at radius 2 is 1.17 bits per heavy atom. The van der Waals surface area contributed by atoms with Crippen LogP contribution in [0.25, 0.3) is 0 Å². The highest BCUT2D eigenvalue weighted by atomic mass is 32.1. The van der Waals surface area contributed by atoms with Gasteiger partial charge in [-0.2, -0.15) is 25.3 Å². The molecule has 2 N–H and O–H groups in total. The Hall–Kier alpha value is 0.620. The van der Waals surface area contributed by atoms with Gasteiger partial charge >= 0.3 is 0 Å². The third-order valence-electron chi connectivity index (χ3n) is 3.36. The van der Waals surface area contributed by atoms with E-state index in [0.29, 0.717) is 12.1 Å². The van der Waals surface area contributed by atoms with E-state index in [0.717, 1.165) is 13.1 Å². The second-order valence-electron chi connectivity index (χ2n) is 6.88. The van der Waals surface area contributed by atoms with Gasteiger partial charge in [-0.3, -0.25) is 0 Å². The fraction of sp³-hybridized carbons (Fsp3) is 1.00. The number of rotatable bonds is 6. The molecule has 2 unspecified atom stereocenters. The van der Waals surface area contributed by atoms with Gasteiger partial charge in [-0.1, -0.05) is 12.8 Å². The predicted octanol–water partition coefficient (Wildman–Crippen LogP) is 2.89. The van der Waals surface area contributed by atoms with Gasteiger partial charge in [-0.25, -0.2) is 0 Å². The molecule has 0 bridgehead atoms. The van der Waals surface area contributed by atoms with E-state index in [9.17, 15) is 0 Å². The summed E-state index contributed by atoms with van der Waals surface area (Å²) in [5.41, 5.74) is 0. The zero-order chi connectivity index (χ0) is 13.8. The summed E-state index contributed by atoms with van der Waals surface area (Å²) < 4.78 is 0.121. The van der Waals surface area contributed by atoms with Gasteiger partial charge in [0.2, 0.25) is 0 Å². The lowest BCUT2D eigenvalue weighted by atomic mass is 9.89. The summed E-state index contributed by atoms with van der Waals surface area (Å²) in [4.78, 5) is 0. The van der Waals surface area contributed by atoms with Crippen molar-refractivity contribution in [3.8, 4) is 0 Å². The summed E-state index contributed by atoms with van der Waals surface area (Å²) in [6.45, 7) is 10.6. The molecular weight excluding hydrogens is 260 g/mol. The minimum Gasteiger partial charge on any atom is -0.311 e. The lowest BCUT2D eigenvalue weighted by molar-refractivity contribution is 0.276. The molecule has 0 aromatic rings. The fourth-order valence-electron chi connectivity index (χ4n) is 2.38. The molecule has 0 aromatic heterocycles. The summed E-state index contributed by atoms with van der Waals surface area (Å²) in [6.07, 6.45) is 5.23. The molecule has 0 radical (unpaired) electrons. The van der Waals surface area contributed by atoms with E-state index in [1.165, 1.54) is 25.7 Å². The molecule has 1 aliphatic carbocycles. The van der Waals surface area contributed by atoms with Crippen molar-refractivity contribution in [1.29, 1.82) is 0 Å². The van der Waals surface area contributed by atoms with Gasteiger partial charge in [-0.15, -0.1) is 0 Å². The van der Waals surface area contributed by atoms with Crippen LogP contribution in [0, 0.1) is 0 Å². The molecular formula is C14H30N2S2. The van der Waals surface area contributed by atoms with Crippen molar-refractivity contribution >= 4 is 25.3 Å². The molecule has 1 saturated carbocycles. The molecule has 0 aliphatic heterocycles. The van der Waals surface area contributed by atoms with Crippen molar-refractivity contribution in [2.24, 2.45) is 0 Å². The molecule has 0 spiro atoms. The van der Waals surface area contributed by atoms with Crippen molar-refractivity contribution < 1.29 is 0 Å². The molecule has 0 amide bonds. The van der Waals surface area contributed by atoms with Gasteiger partial charge in [0.15, 0.2) is 0 Å².